The minimum Gasteiger partial charge on any atom is -0.353 e. The highest BCUT2D eigenvalue weighted by molar-refractivity contribution is 8.01. The van der Waals surface area contributed by atoms with E-state index in [2.05, 4.69) is 10.6 Å². The summed E-state index contributed by atoms with van der Waals surface area (Å²) in [7, 11) is 0. The summed E-state index contributed by atoms with van der Waals surface area (Å²) in [6, 6.07) is 5.46. The van der Waals surface area contributed by atoms with Gasteiger partial charge >= 0.3 is 0 Å². The maximum atomic E-state index is 12.1. The summed E-state index contributed by atoms with van der Waals surface area (Å²) in [6.45, 7) is 6.06. The number of thioether (sulfide) groups is 1. The van der Waals surface area contributed by atoms with E-state index in [0.29, 0.717) is 16.6 Å². The van der Waals surface area contributed by atoms with Crippen LogP contribution in [0.1, 0.15) is 27.2 Å². The molecule has 114 valence electrons. The van der Waals surface area contributed by atoms with Gasteiger partial charge in [-0.05, 0) is 31.0 Å². The first-order valence-electron chi connectivity index (χ1n) is 6.93. The molecule has 0 bridgehead atoms. The molecule has 2 rings (SSSR count). The molecule has 0 saturated carbocycles. The quantitative estimate of drug-likeness (QED) is 0.892. The van der Waals surface area contributed by atoms with Crippen molar-refractivity contribution < 1.29 is 9.59 Å². The summed E-state index contributed by atoms with van der Waals surface area (Å²) in [5.74, 6) is 0.119. The Morgan fingerprint density at radius 2 is 2.14 bits per heavy atom. The third-order valence-corrected chi connectivity index (χ3v) is 5.03. The van der Waals surface area contributed by atoms with Gasteiger partial charge in [0.05, 0.1) is 10.9 Å². The Balaban J connectivity index is 2.00. The molecule has 1 aliphatic heterocycles. The fraction of sp³-hybridized carbons (Fsp3) is 0.467. The molecule has 0 spiro atoms. The zero-order valence-corrected chi connectivity index (χ0v) is 13.8. The summed E-state index contributed by atoms with van der Waals surface area (Å²) in [5.41, 5.74) is 0.713. The molecule has 21 heavy (non-hydrogen) atoms. The van der Waals surface area contributed by atoms with Gasteiger partial charge in [0.1, 0.15) is 0 Å². The lowest BCUT2D eigenvalue weighted by Crippen LogP contribution is -2.40. The normalized spacial score (nSPS) is 18.9. The van der Waals surface area contributed by atoms with Crippen molar-refractivity contribution in [2.24, 2.45) is 5.92 Å². The van der Waals surface area contributed by atoms with E-state index in [1.807, 2.05) is 26.8 Å². The molecular weight excluding hydrogens is 308 g/mol. The average Bonchev–Trinajstić information content (AvgIpc) is 2.39. The molecule has 2 atom stereocenters. The van der Waals surface area contributed by atoms with Crippen molar-refractivity contribution >= 4 is 40.9 Å². The molecule has 1 aromatic rings. The summed E-state index contributed by atoms with van der Waals surface area (Å²) in [5, 5.41) is 5.91. The monoisotopic (exact) mass is 326 g/mol. The third-order valence-electron chi connectivity index (χ3n) is 3.52. The van der Waals surface area contributed by atoms with Crippen LogP contribution in [0.2, 0.25) is 5.02 Å². The van der Waals surface area contributed by atoms with Crippen molar-refractivity contribution in [2.45, 2.75) is 43.4 Å². The molecule has 1 aromatic carbocycles. The maximum absolute atomic E-state index is 12.1. The van der Waals surface area contributed by atoms with Crippen molar-refractivity contribution in [2.75, 3.05) is 5.32 Å². The molecule has 0 fully saturated rings. The Hall–Kier alpha value is -1.20. The first kappa shape index (κ1) is 16.2. The summed E-state index contributed by atoms with van der Waals surface area (Å²) >= 11 is 7.31. The molecule has 0 aromatic heterocycles. The fourth-order valence-corrected chi connectivity index (χ4v) is 3.17. The van der Waals surface area contributed by atoms with E-state index >= 15 is 0 Å². The van der Waals surface area contributed by atoms with Gasteiger partial charge in [-0.25, -0.2) is 0 Å². The van der Waals surface area contributed by atoms with Crippen LogP contribution in [0.3, 0.4) is 0 Å². The van der Waals surface area contributed by atoms with Crippen LogP contribution < -0.4 is 10.6 Å². The topological polar surface area (TPSA) is 58.2 Å². The van der Waals surface area contributed by atoms with Gasteiger partial charge in [0, 0.05) is 22.4 Å². The number of rotatable bonds is 4. The minimum absolute atomic E-state index is 0.0961. The van der Waals surface area contributed by atoms with Crippen molar-refractivity contribution in [3.05, 3.63) is 23.2 Å². The number of carbonyl (C=O) groups is 2. The lowest BCUT2D eigenvalue weighted by Gasteiger charge is -2.25. The molecule has 6 heteroatoms. The predicted octanol–water partition coefficient (Wildman–Crippen LogP) is 3.30. The lowest BCUT2D eigenvalue weighted by molar-refractivity contribution is -0.124. The molecule has 2 amide bonds. The third kappa shape index (κ3) is 4.14. The zero-order valence-electron chi connectivity index (χ0n) is 12.3. The second-order valence-electron chi connectivity index (χ2n) is 5.54. The number of amides is 2. The Labute approximate surface area is 134 Å². The van der Waals surface area contributed by atoms with Crippen molar-refractivity contribution in [1.82, 2.24) is 5.32 Å². The largest absolute Gasteiger partial charge is 0.353 e. The van der Waals surface area contributed by atoms with E-state index < -0.39 is 5.25 Å². The molecule has 0 saturated heterocycles. The van der Waals surface area contributed by atoms with E-state index in [1.165, 1.54) is 11.8 Å². The van der Waals surface area contributed by atoms with Crippen LogP contribution in [-0.2, 0) is 9.59 Å². The Kier molecular flexibility index (Phi) is 5.17. The number of anilines is 1. The van der Waals surface area contributed by atoms with Gasteiger partial charge in [-0.1, -0.05) is 25.4 Å². The first-order chi connectivity index (χ1) is 9.86. The molecule has 2 N–H and O–H groups in total. The Bertz CT molecular complexity index is 563. The van der Waals surface area contributed by atoms with E-state index in [4.69, 9.17) is 11.6 Å². The lowest BCUT2D eigenvalue weighted by atomic mass is 10.1. The zero-order chi connectivity index (χ0) is 15.6. The smallest absolute Gasteiger partial charge is 0.238 e. The van der Waals surface area contributed by atoms with Crippen molar-refractivity contribution in [3.63, 3.8) is 0 Å². The van der Waals surface area contributed by atoms with Crippen molar-refractivity contribution in [3.8, 4) is 0 Å². The number of nitrogens with one attached hydrogen (secondary N) is 2. The van der Waals surface area contributed by atoms with Crippen LogP contribution in [0.15, 0.2) is 23.1 Å². The second kappa shape index (κ2) is 6.71. The number of carbonyl (C=O) groups excluding carboxylic acids is 2. The van der Waals surface area contributed by atoms with Crippen LogP contribution in [0.5, 0.6) is 0 Å². The second-order valence-corrected chi connectivity index (χ2v) is 7.22. The van der Waals surface area contributed by atoms with Gasteiger partial charge in [0.25, 0.3) is 0 Å². The van der Waals surface area contributed by atoms with Crippen LogP contribution in [-0.4, -0.2) is 23.1 Å². The van der Waals surface area contributed by atoms with Gasteiger partial charge in [-0.3, -0.25) is 9.59 Å². The fourth-order valence-electron chi connectivity index (χ4n) is 1.90. The SMILES string of the molecule is CC(C)C(C)NC(=O)CC1Sc2ccc(Cl)cc2NC1=O. The number of fused-ring (bicyclic) bond motifs is 1. The van der Waals surface area contributed by atoms with Crippen LogP contribution in [0.25, 0.3) is 0 Å². The highest BCUT2D eigenvalue weighted by Gasteiger charge is 2.29. The van der Waals surface area contributed by atoms with Gasteiger partial charge in [0.15, 0.2) is 0 Å². The molecule has 1 aliphatic rings. The predicted molar refractivity (Wildman–Crippen MR) is 86.8 cm³/mol. The number of hydrogen-bond acceptors (Lipinski definition) is 3. The van der Waals surface area contributed by atoms with Gasteiger partial charge < -0.3 is 10.6 Å². The Morgan fingerprint density at radius 3 is 2.81 bits per heavy atom. The van der Waals surface area contributed by atoms with E-state index in [1.54, 1.807) is 12.1 Å². The number of hydrogen-bond donors (Lipinski definition) is 2. The standard InChI is InChI=1S/C15H19ClN2O2S/c1-8(2)9(3)17-14(19)7-13-15(20)18-11-6-10(16)4-5-12(11)21-13/h4-6,8-9,13H,7H2,1-3H3,(H,17,19)(H,18,20). The first-order valence-corrected chi connectivity index (χ1v) is 8.19. The number of halogens is 1. The van der Waals surface area contributed by atoms with E-state index in [-0.39, 0.29) is 24.3 Å². The number of benzene rings is 1. The highest BCUT2D eigenvalue weighted by atomic mass is 35.5. The summed E-state index contributed by atoms with van der Waals surface area (Å²) in [6.07, 6.45) is 0.176. The van der Waals surface area contributed by atoms with Gasteiger partial charge in [-0.15, -0.1) is 11.8 Å². The molecule has 1 heterocycles. The van der Waals surface area contributed by atoms with Crippen LogP contribution >= 0.6 is 23.4 Å². The maximum Gasteiger partial charge on any atom is 0.238 e. The van der Waals surface area contributed by atoms with Gasteiger partial charge in [0.2, 0.25) is 11.8 Å². The molecule has 0 aliphatic carbocycles. The van der Waals surface area contributed by atoms with Crippen LogP contribution in [0, 0.1) is 5.92 Å². The van der Waals surface area contributed by atoms with Gasteiger partial charge in [-0.2, -0.15) is 0 Å². The summed E-state index contributed by atoms with van der Waals surface area (Å²) < 4.78 is 0. The van der Waals surface area contributed by atoms with E-state index in [9.17, 15) is 9.59 Å². The van der Waals surface area contributed by atoms with Crippen LogP contribution in [0.4, 0.5) is 5.69 Å². The van der Waals surface area contributed by atoms with E-state index in [0.717, 1.165) is 4.90 Å². The average molecular weight is 327 g/mol. The minimum atomic E-state index is -0.405. The van der Waals surface area contributed by atoms with Crippen molar-refractivity contribution in [1.29, 1.82) is 0 Å². The molecule has 4 nitrogen and oxygen atoms in total. The molecule has 2 unspecified atom stereocenters. The Morgan fingerprint density at radius 1 is 1.43 bits per heavy atom. The highest BCUT2D eigenvalue weighted by Crippen LogP contribution is 2.38. The molecule has 0 radical (unpaired) electrons. The molecular formula is C15H19ClN2O2S. The summed E-state index contributed by atoms with van der Waals surface area (Å²) in [4.78, 5) is 25.0.